The zero-order chi connectivity index (χ0) is 20.5. The Bertz CT molecular complexity index is 1120. The van der Waals surface area contributed by atoms with Gasteiger partial charge in [0.2, 0.25) is 0 Å². The Hall–Kier alpha value is -3.30. The fourth-order valence-corrected chi connectivity index (χ4v) is 3.96. The summed E-state index contributed by atoms with van der Waals surface area (Å²) >= 11 is 0. The molecular weight excluding hydrogens is 384 g/mol. The molecule has 0 amide bonds. The summed E-state index contributed by atoms with van der Waals surface area (Å²) in [6.45, 7) is 2.83. The normalized spacial score (nSPS) is 17.4. The molecule has 1 aliphatic carbocycles. The smallest absolute Gasteiger partial charge is 0.293 e. The number of piperidine rings is 1. The van der Waals surface area contributed by atoms with Gasteiger partial charge < -0.3 is 9.47 Å². The molecule has 4 heterocycles. The molecule has 0 unspecified atom stereocenters. The largest absolute Gasteiger partial charge is 0.352 e. The predicted octanol–water partition coefficient (Wildman–Crippen LogP) is 0.707. The maximum atomic E-state index is 12.8. The Labute approximate surface area is 172 Å². The molecular formula is C20H24N8O2. The van der Waals surface area contributed by atoms with E-state index in [0.29, 0.717) is 30.0 Å². The van der Waals surface area contributed by atoms with Crippen molar-refractivity contribution in [1.29, 1.82) is 0 Å². The lowest BCUT2D eigenvalue weighted by Gasteiger charge is -2.32. The molecule has 10 heteroatoms. The van der Waals surface area contributed by atoms with Crippen LogP contribution in [0.3, 0.4) is 0 Å². The van der Waals surface area contributed by atoms with Crippen LogP contribution in [0.25, 0.3) is 5.82 Å². The second-order valence-electron chi connectivity index (χ2n) is 8.13. The van der Waals surface area contributed by atoms with E-state index in [-0.39, 0.29) is 11.1 Å². The van der Waals surface area contributed by atoms with Crippen LogP contribution in [0, 0.1) is 11.8 Å². The third-order valence-corrected chi connectivity index (χ3v) is 5.90. The van der Waals surface area contributed by atoms with Crippen LogP contribution in [-0.2, 0) is 13.1 Å². The summed E-state index contributed by atoms with van der Waals surface area (Å²) in [5, 5.41) is 8.50. The second kappa shape index (κ2) is 7.85. The first-order valence-electron chi connectivity index (χ1n) is 10.4. The molecule has 1 aliphatic heterocycles. The maximum Gasteiger partial charge on any atom is 0.293 e. The highest BCUT2D eigenvalue weighted by molar-refractivity contribution is 5.36. The highest BCUT2D eigenvalue weighted by Crippen LogP contribution is 2.30. The fourth-order valence-electron chi connectivity index (χ4n) is 3.96. The van der Waals surface area contributed by atoms with Gasteiger partial charge in [0.05, 0.1) is 0 Å². The SMILES string of the molecule is O=c1c(N2CCC(Cn3nc(-n4cncn4)ccc3=O)CC2)nccn1CC1CC1. The van der Waals surface area contributed by atoms with Crippen molar-refractivity contribution in [2.45, 2.75) is 38.8 Å². The van der Waals surface area contributed by atoms with E-state index < -0.39 is 0 Å². The van der Waals surface area contributed by atoms with Gasteiger partial charge in [0.15, 0.2) is 11.6 Å². The number of hydrogen-bond acceptors (Lipinski definition) is 7. The topological polar surface area (TPSA) is 104 Å². The summed E-state index contributed by atoms with van der Waals surface area (Å²) in [4.78, 5) is 35.4. The van der Waals surface area contributed by atoms with E-state index in [4.69, 9.17) is 0 Å². The summed E-state index contributed by atoms with van der Waals surface area (Å²) < 4.78 is 4.83. The number of rotatable bonds is 6. The van der Waals surface area contributed by atoms with Crippen molar-refractivity contribution in [2.24, 2.45) is 11.8 Å². The molecule has 10 nitrogen and oxygen atoms in total. The fraction of sp³-hybridized carbons (Fsp3) is 0.500. The van der Waals surface area contributed by atoms with Crippen LogP contribution in [0.2, 0.25) is 0 Å². The van der Waals surface area contributed by atoms with Gasteiger partial charge in [-0.1, -0.05) is 0 Å². The molecule has 0 spiro atoms. The molecule has 0 atom stereocenters. The zero-order valence-electron chi connectivity index (χ0n) is 16.7. The molecule has 2 fully saturated rings. The summed E-state index contributed by atoms with van der Waals surface area (Å²) in [6, 6.07) is 3.15. The van der Waals surface area contributed by atoms with Gasteiger partial charge in [0.1, 0.15) is 12.7 Å². The highest BCUT2D eigenvalue weighted by atomic mass is 16.1. The minimum absolute atomic E-state index is 0.00118. The molecule has 30 heavy (non-hydrogen) atoms. The highest BCUT2D eigenvalue weighted by Gasteiger charge is 2.26. The Morgan fingerprint density at radius 2 is 1.80 bits per heavy atom. The van der Waals surface area contributed by atoms with Gasteiger partial charge in [-0.2, -0.15) is 5.10 Å². The van der Waals surface area contributed by atoms with Crippen LogP contribution >= 0.6 is 0 Å². The molecule has 0 N–H and O–H groups in total. The number of anilines is 1. The monoisotopic (exact) mass is 408 g/mol. The van der Waals surface area contributed by atoms with Crippen LogP contribution in [0.4, 0.5) is 5.82 Å². The minimum Gasteiger partial charge on any atom is -0.352 e. The van der Waals surface area contributed by atoms with E-state index in [1.54, 1.807) is 29.4 Å². The Morgan fingerprint density at radius 1 is 1.00 bits per heavy atom. The first-order valence-corrected chi connectivity index (χ1v) is 10.4. The summed E-state index contributed by atoms with van der Waals surface area (Å²) in [5.74, 6) is 2.06. The molecule has 3 aromatic heterocycles. The van der Waals surface area contributed by atoms with Gasteiger partial charge in [-0.25, -0.2) is 19.3 Å². The zero-order valence-corrected chi connectivity index (χ0v) is 16.7. The molecule has 1 saturated carbocycles. The third-order valence-electron chi connectivity index (χ3n) is 5.90. The van der Waals surface area contributed by atoms with Crippen LogP contribution in [0.15, 0.2) is 46.8 Å². The van der Waals surface area contributed by atoms with Gasteiger partial charge in [-0.15, -0.1) is 5.10 Å². The average Bonchev–Trinajstić information content (AvgIpc) is 3.41. The van der Waals surface area contributed by atoms with Crippen LogP contribution in [0.5, 0.6) is 0 Å². The molecule has 0 radical (unpaired) electrons. The van der Waals surface area contributed by atoms with E-state index in [9.17, 15) is 9.59 Å². The van der Waals surface area contributed by atoms with E-state index in [1.165, 1.54) is 34.6 Å². The molecule has 1 saturated heterocycles. The van der Waals surface area contributed by atoms with Gasteiger partial charge in [-0.3, -0.25) is 9.59 Å². The first kappa shape index (κ1) is 18.7. The van der Waals surface area contributed by atoms with E-state index in [0.717, 1.165) is 32.5 Å². The molecule has 156 valence electrons. The third kappa shape index (κ3) is 3.89. The van der Waals surface area contributed by atoms with Crippen LogP contribution < -0.4 is 16.0 Å². The minimum atomic E-state index is -0.131. The average molecular weight is 408 g/mol. The van der Waals surface area contributed by atoms with Crippen molar-refractivity contribution in [3.8, 4) is 5.82 Å². The van der Waals surface area contributed by atoms with E-state index in [1.807, 2.05) is 0 Å². The predicted molar refractivity (Wildman–Crippen MR) is 110 cm³/mol. The summed E-state index contributed by atoms with van der Waals surface area (Å²) in [5.41, 5.74) is -0.129. The molecule has 0 bridgehead atoms. The van der Waals surface area contributed by atoms with Crippen LogP contribution in [-0.4, -0.2) is 47.2 Å². The van der Waals surface area contributed by atoms with E-state index >= 15 is 0 Å². The van der Waals surface area contributed by atoms with Gasteiger partial charge in [0, 0.05) is 44.6 Å². The van der Waals surface area contributed by atoms with Crippen molar-refractivity contribution in [3.63, 3.8) is 0 Å². The summed E-state index contributed by atoms with van der Waals surface area (Å²) in [6.07, 6.45) is 10.7. The quantitative estimate of drug-likeness (QED) is 0.592. The molecule has 2 aliphatic rings. The lowest BCUT2D eigenvalue weighted by Crippen LogP contribution is -2.40. The Morgan fingerprint density at radius 3 is 2.53 bits per heavy atom. The number of hydrogen-bond donors (Lipinski definition) is 0. The number of aromatic nitrogens is 7. The van der Waals surface area contributed by atoms with Crippen molar-refractivity contribution in [2.75, 3.05) is 18.0 Å². The molecule has 5 rings (SSSR count). The van der Waals surface area contributed by atoms with E-state index in [2.05, 4.69) is 25.1 Å². The van der Waals surface area contributed by atoms with Crippen LogP contribution in [0.1, 0.15) is 25.7 Å². The van der Waals surface area contributed by atoms with Crippen molar-refractivity contribution in [3.05, 3.63) is 57.9 Å². The summed E-state index contributed by atoms with van der Waals surface area (Å²) in [7, 11) is 0. The van der Waals surface area contributed by atoms with Gasteiger partial charge in [-0.05, 0) is 43.6 Å². The van der Waals surface area contributed by atoms with Crippen molar-refractivity contribution < 1.29 is 0 Å². The van der Waals surface area contributed by atoms with Gasteiger partial charge in [0.25, 0.3) is 11.1 Å². The number of nitrogens with zero attached hydrogens (tertiary/aromatic N) is 8. The van der Waals surface area contributed by atoms with Crippen molar-refractivity contribution >= 4 is 5.82 Å². The Balaban J connectivity index is 1.25. The Kier molecular flexibility index (Phi) is 4.89. The lowest BCUT2D eigenvalue weighted by atomic mass is 9.97. The van der Waals surface area contributed by atoms with Crippen molar-refractivity contribution in [1.82, 2.24) is 34.1 Å². The first-order chi connectivity index (χ1) is 14.7. The van der Waals surface area contributed by atoms with Gasteiger partial charge >= 0.3 is 0 Å². The maximum absolute atomic E-state index is 12.8. The standard InChI is InChI=1S/C20H24N8O2/c29-18-4-3-17(28-14-21-13-23-28)24-27(18)12-16-5-8-25(9-6-16)19-20(30)26(10-7-22-19)11-15-1-2-15/h3-4,7,10,13-16H,1-2,5-6,8-9,11-12H2. The molecule has 3 aromatic rings. The molecule has 0 aromatic carbocycles. The second-order valence-corrected chi connectivity index (χ2v) is 8.13. The lowest BCUT2D eigenvalue weighted by molar-refractivity contribution is 0.333.